The number of hydrogen-bond acceptors (Lipinski definition) is 2. The van der Waals surface area contributed by atoms with Gasteiger partial charge >= 0.3 is 0 Å². The number of hydrogen-bond donors (Lipinski definition) is 2. The van der Waals surface area contributed by atoms with E-state index in [0.29, 0.717) is 12.5 Å². The fraction of sp³-hybridized carbons (Fsp3) is 0.857. The summed E-state index contributed by atoms with van der Waals surface area (Å²) in [6.45, 7) is 5.51. The van der Waals surface area contributed by atoms with E-state index in [9.17, 15) is 0 Å². The Labute approximate surface area is 61.7 Å². The Morgan fingerprint density at radius 2 is 1.90 bits per heavy atom. The van der Waals surface area contributed by atoms with Crippen molar-refractivity contribution in [1.82, 2.24) is 0 Å². The van der Waals surface area contributed by atoms with Crippen LogP contribution in [0.3, 0.4) is 0 Å². The summed E-state index contributed by atoms with van der Waals surface area (Å²) in [7, 11) is 0. The van der Waals surface area contributed by atoms with E-state index in [4.69, 9.17) is 15.0 Å². The lowest BCUT2D eigenvalue weighted by atomic mass is 10.1. The average Bonchev–Trinajstić information content (AvgIpc) is 1.85. The summed E-state index contributed by atoms with van der Waals surface area (Å²) in [4.78, 5) is 9.00. The molecule has 3 nitrogen and oxygen atoms in total. The van der Waals surface area contributed by atoms with Crippen molar-refractivity contribution in [3.63, 3.8) is 0 Å². The second kappa shape index (κ2) is 8.43. The zero-order valence-electron chi connectivity index (χ0n) is 6.79. The molecule has 0 radical (unpaired) electrons. The molecule has 1 atom stereocenters. The fourth-order valence-electron chi connectivity index (χ4n) is 0.129. The van der Waals surface area contributed by atoms with Gasteiger partial charge in [-0.15, -0.1) is 0 Å². The molecule has 0 aromatic rings. The van der Waals surface area contributed by atoms with Crippen molar-refractivity contribution in [2.45, 2.75) is 27.2 Å². The lowest BCUT2D eigenvalue weighted by molar-refractivity contribution is -0.134. The molecule has 0 aromatic carbocycles. The molecule has 3 heteroatoms. The van der Waals surface area contributed by atoms with E-state index < -0.39 is 5.97 Å². The van der Waals surface area contributed by atoms with Crippen LogP contribution in [0.15, 0.2) is 0 Å². The number of rotatable bonds is 2. The molecule has 62 valence electrons. The van der Waals surface area contributed by atoms with Gasteiger partial charge in [0.15, 0.2) is 0 Å². The maximum absolute atomic E-state index is 9.00. The van der Waals surface area contributed by atoms with Gasteiger partial charge in [0, 0.05) is 13.5 Å². The molecule has 0 aliphatic carbocycles. The van der Waals surface area contributed by atoms with Crippen LogP contribution < -0.4 is 0 Å². The van der Waals surface area contributed by atoms with Gasteiger partial charge in [0.25, 0.3) is 5.97 Å². The standard InChI is InChI=1S/C5H12O.C2H4O2/c1-3-5(2)4-6;1-2(3)4/h5-6H,3-4H2,1-2H3;1H3,(H,3,4). The third-order valence-electron chi connectivity index (χ3n) is 1.01. The molecule has 0 fully saturated rings. The Hall–Kier alpha value is -0.570. The summed E-state index contributed by atoms with van der Waals surface area (Å²) < 4.78 is 0. The first-order chi connectivity index (χ1) is 4.54. The van der Waals surface area contributed by atoms with Crippen LogP contribution in [-0.4, -0.2) is 22.8 Å². The molecular weight excluding hydrogens is 132 g/mol. The lowest BCUT2D eigenvalue weighted by Gasteiger charge is -1.98. The Morgan fingerprint density at radius 3 is 1.90 bits per heavy atom. The number of carboxylic acids is 1. The van der Waals surface area contributed by atoms with Crippen LogP contribution >= 0.6 is 0 Å². The fourth-order valence-corrected chi connectivity index (χ4v) is 0.129. The molecule has 0 aliphatic rings. The molecule has 0 aromatic heterocycles. The van der Waals surface area contributed by atoms with E-state index in [1.165, 1.54) is 0 Å². The highest BCUT2D eigenvalue weighted by molar-refractivity contribution is 5.62. The van der Waals surface area contributed by atoms with Gasteiger partial charge in [0.05, 0.1) is 0 Å². The zero-order valence-corrected chi connectivity index (χ0v) is 6.79. The van der Waals surface area contributed by atoms with Crippen molar-refractivity contribution >= 4 is 5.97 Å². The van der Waals surface area contributed by atoms with Crippen LogP contribution in [0.25, 0.3) is 0 Å². The number of aliphatic hydroxyl groups is 1. The summed E-state index contributed by atoms with van der Waals surface area (Å²) in [5.74, 6) is -0.343. The van der Waals surface area contributed by atoms with Crippen molar-refractivity contribution in [3.05, 3.63) is 0 Å². The first kappa shape index (κ1) is 12.1. The van der Waals surface area contributed by atoms with E-state index in [1.807, 2.05) is 6.92 Å². The van der Waals surface area contributed by atoms with Crippen molar-refractivity contribution in [3.8, 4) is 0 Å². The van der Waals surface area contributed by atoms with Gasteiger partial charge in [0.1, 0.15) is 0 Å². The minimum Gasteiger partial charge on any atom is -0.481 e. The topological polar surface area (TPSA) is 57.5 Å². The normalized spacial score (nSPS) is 11.2. The molecule has 2 N–H and O–H groups in total. The zero-order chi connectivity index (χ0) is 8.57. The van der Waals surface area contributed by atoms with E-state index >= 15 is 0 Å². The Bertz CT molecular complexity index is 72.9. The molecule has 10 heavy (non-hydrogen) atoms. The largest absolute Gasteiger partial charge is 0.481 e. The summed E-state index contributed by atoms with van der Waals surface area (Å²) in [6.07, 6.45) is 1.08. The second-order valence-corrected chi connectivity index (χ2v) is 2.22. The minimum atomic E-state index is -0.833. The molecule has 0 spiro atoms. The second-order valence-electron chi connectivity index (χ2n) is 2.22. The van der Waals surface area contributed by atoms with Crippen LogP contribution in [-0.2, 0) is 4.79 Å². The molecule has 0 heterocycles. The monoisotopic (exact) mass is 148 g/mol. The smallest absolute Gasteiger partial charge is 0.300 e. The summed E-state index contributed by atoms with van der Waals surface area (Å²) >= 11 is 0. The molecule has 0 bridgehead atoms. The number of carbonyl (C=O) groups is 1. The highest BCUT2D eigenvalue weighted by atomic mass is 16.4. The molecule has 1 unspecified atom stereocenters. The number of aliphatic carboxylic acids is 1. The average molecular weight is 148 g/mol. The van der Waals surface area contributed by atoms with Gasteiger partial charge in [-0.2, -0.15) is 0 Å². The molecule has 0 aliphatic heterocycles. The molecular formula is C7H16O3. The van der Waals surface area contributed by atoms with Crippen LogP contribution in [0.1, 0.15) is 27.2 Å². The van der Waals surface area contributed by atoms with Gasteiger partial charge < -0.3 is 10.2 Å². The SMILES string of the molecule is CC(=O)O.CCC(C)CO. The minimum absolute atomic E-state index is 0.330. The summed E-state index contributed by atoms with van der Waals surface area (Å²) in [5.41, 5.74) is 0. The first-order valence-corrected chi connectivity index (χ1v) is 3.34. The van der Waals surface area contributed by atoms with Crippen LogP contribution in [0.4, 0.5) is 0 Å². The predicted octanol–water partition coefficient (Wildman–Crippen LogP) is 1.12. The van der Waals surface area contributed by atoms with Gasteiger partial charge in [-0.25, -0.2) is 0 Å². The van der Waals surface area contributed by atoms with Crippen molar-refractivity contribution < 1.29 is 15.0 Å². The van der Waals surface area contributed by atoms with Crippen molar-refractivity contribution in [2.75, 3.05) is 6.61 Å². The van der Waals surface area contributed by atoms with E-state index in [2.05, 4.69) is 6.92 Å². The number of carboxylic acid groups (broad SMARTS) is 1. The Balaban J connectivity index is 0. The maximum Gasteiger partial charge on any atom is 0.300 e. The predicted molar refractivity (Wildman–Crippen MR) is 39.9 cm³/mol. The van der Waals surface area contributed by atoms with Crippen LogP contribution in [0, 0.1) is 5.92 Å². The van der Waals surface area contributed by atoms with E-state index in [-0.39, 0.29) is 0 Å². The third-order valence-corrected chi connectivity index (χ3v) is 1.01. The van der Waals surface area contributed by atoms with Crippen molar-refractivity contribution in [1.29, 1.82) is 0 Å². The first-order valence-electron chi connectivity index (χ1n) is 3.34. The van der Waals surface area contributed by atoms with Crippen LogP contribution in [0.5, 0.6) is 0 Å². The quantitative estimate of drug-likeness (QED) is 0.616. The Morgan fingerprint density at radius 1 is 1.60 bits per heavy atom. The lowest BCUT2D eigenvalue weighted by Crippen LogP contribution is -1.96. The summed E-state index contributed by atoms with van der Waals surface area (Å²) in [6, 6.07) is 0. The van der Waals surface area contributed by atoms with Crippen molar-refractivity contribution in [2.24, 2.45) is 5.92 Å². The summed E-state index contributed by atoms with van der Waals surface area (Å²) in [5, 5.41) is 15.8. The molecule has 0 saturated heterocycles. The van der Waals surface area contributed by atoms with Gasteiger partial charge in [-0.1, -0.05) is 20.3 Å². The van der Waals surface area contributed by atoms with E-state index in [0.717, 1.165) is 13.3 Å². The number of aliphatic hydroxyl groups excluding tert-OH is 1. The van der Waals surface area contributed by atoms with Crippen LogP contribution in [0.2, 0.25) is 0 Å². The maximum atomic E-state index is 9.00. The molecule has 0 rings (SSSR count). The van der Waals surface area contributed by atoms with Gasteiger partial charge in [-0.05, 0) is 5.92 Å². The van der Waals surface area contributed by atoms with Gasteiger partial charge in [0.2, 0.25) is 0 Å². The Kier molecular flexibility index (Phi) is 10.2. The van der Waals surface area contributed by atoms with E-state index in [1.54, 1.807) is 0 Å². The molecule has 0 saturated carbocycles. The molecule has 0 amide bonds. The third kappa shape index (κ3) is 26.1. The highest BCUT2D eigenvalue weighted by Gasteiger charge is 1.90. The van der Waals surface area contributed by atoms with Gasteiger partial charge in [-0.3, -0.25) is 4.79 Å². The highest BCUT2D eigenvalue weighted by Crippen LogP contribution is 1.95.